The van der Waals surface area contributed by atoms with Crippen LogP contribution in [0.2, 0.25) is 0 Å². The van der Waals surface area contributed by atoms with Gasteiger partial charge in [-0.25, -0.2) is 12.7 Å². The van der Waals surface area contributed by atoms with Gasteiger partial charge in [-0.3, -0.25) is 4.79 Å². The highest BCUT2D eigenvalue weighted by Crippen LogP contribution is 2.65. The first-order valence-electron chi connectivity index (χ1n) is 11.0. The van der Waals surface area contributed by atoms with Gasteiger partial charge >= 0.3 is 0 Å². The Bertz CT molecular complexity index is 859. The van der Waals surface area contributed by atoms with Crippen molar-refractivity contribution in [3.63, 3.8) is 0 Å². The van der Waals surface area contributed by atoms with Crippen LogP contribution in [0, 0.1) is 22.7 Å². The molecule has 0 radical (unpaired) electrons. The molecule has 1 N–H and O–H groups in total. The van der Waals surface area contributed by atoms with Crippen LogP contribution >= 0.6 is 0 Å². The number of hydrogen-bond donors (Lipinski definition) is 1. The summed E-state index contributed by atoms with van der Waals surface area (Å²) in [6, 6.07) is 9.54. The van der Waals surface area contributed by atoms with Crippen molar-refractivity contribution in [2.24, 2.45) is 22.7 Å². The molecule has 0 spiro atoms. The van der Waals surface area contributed by atoms with E-state index in [1.807, 2.05) is 30.3 Å². The lowest BCUT2D eigenvalue weighted by Gasteiger charge is -2.40. The third-order valence-corrected chi connectivity index (χ3v) is 10.4. The first kappa shape index (κ1) is 20.9. The van der Waals surface area contributed by atoms with Gasteiger partial charge in [-0.1, -0.05) is 51.1 Å². The largest absolute Gasteiger partial charge is 0.353 e. The van der Waals surface area contributed by atoms with Crippen molar-refractivity contribution in [3.05, 3.63) is 35.9 Å². The molecule has 1 heterocycles. The topological polar surface area (TPSA) is 66.5 Å². The van der Waals surface area contributed by atoms with Crippen LogP contribution in [0.3, 0.4) is 0 Å². The molecule has 2 saturated carbocycles. The second-order valence-corrected chi connectivity index (χ2v) is 12.1. The number of carbonyl (C=O) groups is 1. The van der Waals surface area contributed by atoms with Gasteiger partial charge in [0.2, 0.25) is 15.9 Å². The summed E-state index contributed by atoms with van der Waals surface area (Å²) in [5, 5.41) is 3.36. The van der Waals surface area contributed by atoms with Gasteiger partial charge in [0, 0.05) is 25.0 Å². The highest BCUT2D eigenvalue weighted by atomic mass is 32.2. The number of hydrogen-bond acceptors (Lipinski definition) is 3. The number of nitrogens with zero attached hydrogens (tertiary/aromatic N) is 1. The third-order valence-electron chi connectivity index (χ3n) is 8.52. The van der Waals surface area contributed by atoms with Crippen molar-refractivity contribution < 1.29 is 13.2 Å². The fourth-order valence-corrected chi connectivity index (χ4v) is 7.55. The Labute approximate surface area is 175 Å². The van der Waals surface area contributed by atoms with Gasteiger partial charge in [-0.05, 0) is 54.4 Å². The maximum Gasteiger partial charge on any atom is 0.223 e. The van der Waals surface area contributed by atoms with E-state index in [1.54, 1.807) is 4.31 Å². The number of amides is 1. The van der Waals surface area contributed by atoms with Crippen molar-refractivity contribution in [2.75, 3.05) is 13.1 Å². The maximum absolute atomic E-state index is 13.0. The van der Waals surface area contributed by atoms with E-state index in [0.717, 1.165) is 12.0 Å². The van der Waals surface area contributed by atoms with Crippen LogP contribution in [0.25, 0.3) is 0 Å². The smallest absolute Gasteiger partial charge is 0.223 e. The minimum Gasteiger partial charge on any atom is -0.353 e. The molecule has 6 heteroatoms. The molecule has 5 nitrogen and oxygen atoms in total. The van der Waals surface area contributed by atoms with E-state index >= 15 is 0 Å². The first-order chi connectivity index (χ1) is 13.6. The van der Waals surface area contributed by atoms with Crippen molar-refractivity contribution in [2.45, 2.75) is 64.7 Å². The number of nitrogens with one attached hydrogen (secondary N) is 1. The Kier molecular flexibility index (Phi) is 5.31. The van der Waals surface area contributed by atoms with Gasteiger partial charge in [0.25, 0.3) is 0 Å². The van der Waals surface area contributed by atoms with Gasteiger partial charge < -0.3 is 5.32 Å². The molecule has 1 aromatic carbocycles. The van der Waals surface area contributed by atoms with Crippen LogP contribution in [0.15, 0.2) is 30.3 Å². The number of piperidine rings is 1. The van der Waals surface area contributed by atoms with E-state index in [1.165, 1.54) is 12.8 Å². The summed E-state index contributed by atoms with van der Waals surface area (Å²) in [4.78, 5) is 13.0. The van der Waals surface area contributed by atoms with Crippen LogP contribution in [-0.4, -0.2) is 37.8 Å². The summed E-state index contributed by atoms with van der Waals surface area (Å²) >= 11 is 0. The molecule has 29 heavy (non-hydrogen) atoms. The van der Waals surface area contributed by atoms with Crippen LogP contribution in [0.4, 0.5) is 0 Å². The van der Waals surface area contributed by atoms with E-state index in [0.29, 0.717) is 31.8 Å². The predicted octanol–water partition coefficient (Wildman–Crippen LogP) is 3.56. The molecule has 1 aromatic rings. The Morgan fingerprint density at radius 2 is 1.76 bits per heavy atom. The van der Waals surface area contributed by atoms with Crippen LogP contribution in [0.1, 0.15) is 58.4 Å². The fourth-order valence-electron chi connectivity index (χ4n) is 5.98. The SMILES string of the molecule is CC1(C)C2CCC1(C)C(NC(=O)C1CCN(S(=O)(=O)Cc3ccccc3)CC1)C2. The minimum absolute atomic E-state index is 0.0294. The average Bonchev–Trinajstić information content (AvgIpc) is 3.02. The standard InChI is InChI=1S/C23H34N2O3S/c1-22(2)19-9-12-23(22,3)20(15-19)24-21(26)18-10-13-25(14-11-18)29(27,28)16-17-7-5-4-6-8-17/h4-8,18-20H,9-16H2,1-3H3,(H,24,26). The van der Waals surface area contributed by atoms with E-state index in [-0.39, 0.29) is 34.4 Å². The molecular weight excluding hydrogens is 384 g/mol. The zero-order valence-corrected chi connectivity index (χ0v) is 18.7. The second-order valence-electron chi connectivity index (χ2n) is 10.1. The monoisotopic (exact) mass is 418 g/mol. The quantitative estimate of drug-likeness (QED) is 0.795. The normalized spacial score (nSPS) is 32.4. The fraction of sp³-hybridized carbons (Fsp3) is 0.696. The molecule has 1 saturated heterocycles. The molecule has 3 atom stereocenters. The number of carbonyl (C=O) groups excluding carboxylic acids is 1. The second kappa shape index (κ2) is 7.38. The lowest BCUT2D eigenvalue weighted by molar-refractivity contribution is -0.127. The van der Waals surface area contributed by atoms with Crippen LogP contribution in [0.5, 0.6) is 0 Å². The molecule has 4 rings (SSSR count). The van der Waals surface area contributed by atoms with E-state index < -0.39 is 10.0 Å². The number of sulfonamides is 1. The van der Waals surface area contributed by atoms with Gasteiger partial charge in [0.15, 0.2) is 0 Å². The number of benzene rings is 1. The number of fused-ring (bicyclic) bond motifs is 2. The third kappa shape index (κ3) is 3.63. The van der Waals surface area contributed by atoms with Crippen molar-refractivity contribution in [3.8, 4) is 0 Å². The molecule has 0 aromatic heterocycles. The van der Waals surface area contributed by atoms with Gasteiger partial charge in [-0.2, -0.15) is 0 Å². The van der Waals surface area contributed by atoms with Crippen molar-refractivity contribution >= 4 is 15.9 Å². The average molecular weight is 419 g/mol. The summed E-state index contributed by atoms with van der Waals surface area (Å²) in [6.45, 7) is 7.91. The Balaban J connectivity index is 1.32. The molecule has 2 aliphatic carbocycles. The van der Waals surface area contributed by atoms with Crippen molar-refractivity contribution in [1.29, 1.82) is 0 Å². The molecule has 1 amide bonds. The summed E-state index contributed by atoms with van der Waals surface area (Å²) < 4.78 is 27.0. The highest BCUT2D eigenvalue weighted by Gasteiger charge is 2.61. The van der Waals surface area contributed by atoms with E-state index in [4.69, 9.17) is 0 Å². The molecule has 1 aliphatic heterocycles. The van der Waals surface area contributed by atoms with Crippen LogP contribution < -0.4 is 5.32 Å². The molecule has 2 bridgehead atoms. The molecule has 3 unspecified atom stereocenters. The van der Waals surface area contributed by atoms with Gasteiger partial charge in [0.1, 0.15) is 0 Å². The van der Waals surface area contributed by atoms with Gasteiger partial charge in [-0.15, -0.1) is 0 Å². The van der Waals surface area contributed by atoms with E-state index in [9.17, 15) is 13.2 Å². The summed E-state index contributed by atoms with van der Waals surface area (Å²) in [6.07, 6.45) is 4.76. The molecular formula is C23H34N2O3S. The highest BCUT2D eigenvalue weighted by molar-refractivity contribution is 7.88. The lowest BCUT2D eigenvalue weighted by Crippen LogP contribution is -2.50. The zero-order valence-electron chi connectivity index (χ0n) is 17.9. The summed E-state index contributed by atoms with van der Waals surface area (Å²) in [5.41, 5.74) is 1.26. The molecule has 3 aliphatic rings. The zero-order chi connectivity index (χ0) is 20.9. The lowest BCUT2D eigenvalue weighted by atomic mass is 9.69. The Morgan fingerprint density at radius 1 is 1.10 bits per heavy atom. The first-order valence-corrected chi connectivity index (χ1v) is 12.6. The molecule has 3 fully saturated rings. The summed E-state index contributed by atoms with van der Waals surface area (Å²) in [5.74, 6) is 0.771. The van der Waals surface area contributed by atoms with Crippen molar-refractivity contribution in [1.82, 2.24) is 9.62 Å². The summed E-state index contributed by atoms with van der Waals surface area (Å²) in [7, 11) is -3.34. The maximum atomic E-state index is 13.0. The Morgan fingerprint density at radius 3 is 2.31 bits per heavy atom. The predicted molar refractivity (Wildman–Crippen MR) is 115 cm³/mol. The van der Waals surface area contributed by atoms with Crippen LogP contribution in [-0.2, 0) is 20.6 Å². The molecule has 160 valence electrons. The minimum atomic E-state index is -3.34. The van der Waals surface area contributed by atoms with Gasteiger partial charge in [0.05, 0.1) is 5.75 Å². The number of rotatable bonds is 5. The van der Waals surface area contributed by atoms with E-state index in [2.05, 4.69) is 26.1 Å². The Hall–Kier alpha value is -1.40.